The van der Waals surface area contributed by atoms with Gasteiger partial charge in [0.2, 0.25) is 0 Å². The molecular formula is C14H17N3O2. The zero-order valence-corrected chi connectivity index (χ0v) is 10.9. The predicted molar refractivity (Wildman–Crippen MR) is 70.1 cm³/mol. The largest absolute Gasteiger partial charge is 0.481 e. The van der Waals surface area contributed by atoms with Crippen molar-refractivity contribution in [2.75, 3.05) is 0 Å². The Hall–Kier alpha value is -1.91. The maximum atomic E-state index is 10.9. The number of aliphatic carboxylic acids is 1. The van der Waals surface area contributed by atoms with Crippen molar-refractivity contribution in [3.05, 3.63) is 29.7 Å². The first-order valence-corrected chi connectivity index (χ1v) is 6.69. The maximum Gasteiger partial charge on any atom is 0.306 e. The molecule has 0 amide bonds. The second-order valence-corrected chi connectivity index (χ2v) is 5.36. The van der Waals surface area contributed by atoms with E-state index in [1.165, 1.54) is 5.56 Å². The predicted octanol–water partition coefficient (Wildman–Crippen LogP) is 2.40. The molecule has 1 aliphatic rings. The molecule has 0 saturated heterocycles. The molecule has 1 aliphatic carbocycles. The number of carboxylic acids is 1. The third-order valence-electron chi connectivity index (χ3n) is 3.95. The summed E-state index contributed by atoms with van der Waals surface area (Å²) in [4.78, 5) is 15.5. The monoisotopic (exact) mass is 259 g/mol. The quantitative estimate of drug-likeness (QED) is 0.899. The second kappa shape index (κ2) is 4.64. The van der Waals surface area contributed by atoms with Gasteiger partial charge in [0, 0.05) is 12.1 Å². The van der Waals surface area contributed by atoms with Gasteiger partial charge in [0.25, 0.3) is 0 Å². The van der Waals surface area contributed by atoms with Gasteiger partial charge in [-0.3, -0.25) is 4.79 Å². The van der Waals surface area contributed by atoms with Crippen LogP contribution >= 0.6 is 0 Å². The fraction of sp³-hybridized carbons (Fsp3) is 0.500. The van der Waals surface area contributed by atoms with Gasteiger partial charge in [0.05, 0.1) is 5.92 Å². The van der Waals surface area contributed by atoms with Crippen molar-refractivity contribution >= 4 is 11.6 Å². The Bertz CT molecular complexity index is 612. The Morgan fingerprint density at radius 1 is 1.37 bits per heavy atom. The average Bonchev–Trinajstić information content (AvgIpc) is 2.81. The molecule has 5 nitrogen and oxygen atoms in total. The van der Waals surface area contributed by atoms with Crippen LogP contribution in [0.25, 0.3) is 5.65 Å². The zero-order valence-electron chi connectivity index (χ0n) is 10.9. The molecule has 0 bridgehead atoms. The number of hydrogen-bond acceptors (Lipinski definition) is 3. The van der Waals surface area contributed by atoms with Crippen LogP contribution in [0.4, 0.5) is 0 Å². The number of pyridine rings is 1. The highest BCUT2D eigenvalue weighted by Gasteiger charge is 2.28. The van der Waals surface area contributed by atoms with Crippen molar-refractivity contribution in [1.82, 2.24) is 14.6 Å². The lowest BCUT2D eigenvalue weighted by molar-refractivity contribution is -0.142. The summed E-state index contributed by atoms with van der Waals surface area (Å²) in [5, 5.41) is 13.5. The summed E-state index contributed by atoms with van der Waals surface area (Å²) in [6, 6.07) is 4.02. The normalized spacial score (nSPS) is 23.6. The van der Waals surface area contributed by atoms with Gasteiger partial charge in [0.1, 0.15) is 0 Å². The first kappa shape index (κ1) is 12.1. The molecule has 3 rings (SSSR count). The van der Waals surface area contributed by atoms with Crippen LogP contribution < -0.4 is 0 Å². The summed E-state index contributed by atoms with van der Waals surface area (Å²) in [5.41, 5.74) is 2.04. The Balaban J connectivity index is 1.80. The number of nitrogens with zero attached hydrogens (tertiary/aromatic N) is 3. The Kier molecular flexibility index (Phi) is 2.97. The minimum Gasteiger partial charge on any atom is -0.481 e. The highest BCUT2D eigenvalue weighted by molar-refractivity contribution is 5.70. The first-order chi connectivity index (χ1) is 9.13. The van der Waals surface area contributed by atoms with E-state index in [9.17, 15) is 4.79 Å². The summed E-state index contributed by atoms with van der Waals surface area (Å²) in [6.07, 6.45) is 5.12. The van der Waals surface area contributed by atoms with Crippen LogP contribution in [0.3, 0.4) is 0 Å². The SMILES string of the molecule is Cc1ccn2nc(C3CCC(C(=O)O)CC3)nc2c1. The van der Waals surface area contributed by atoms with E-state index < -0.39 is 5.97 Å². The van der Waals surface area contributed by atoms with Crippen molar-refractivity contribution in [2.24, 2.45) is 5.92 Å². The maximum absolute atomic E-state index is 10.9. The van der Waals surface area contributed by atoms with E-state index in [1.807, 2.05) is 25.3 Å². The van der Waals surface area contributed by atoms with Gasteiger partial charge in [-0.25, -0.2) is 9.50 Å². The molecule has 2 heterocycles. The lowest BCUT2D eigenvalue weighted by Gasteiger charge is -2.23. The molecule has 1 saturated carbocycles. The van der Waals surface area contributed by atoms with Crippen molar-refractivity contribution in [3.8, 4) is 0 Å². The van der Waals surface area contributed by atoms with Crippen LogP contribution in [0.5, 0.6) is 0 Å². The van der Waals surface area contributed by atoms with Gasteiger partial charge >= 0.3 is 5.97 Å². The third-order valence-corrected chi connectivity index (χ3v) is 3.95. The molecule has 0 unspecified atom stereocenters. The van der Waals surface area contributed by atoms with Crippen molar-refractivity contribution in [1.29, 1.82) is 0 Å². The fourth-order valence-corrected chi connectivity index (χ4v) is 2.77. The van der Waals surface area contributed by atoms with E-state index >= 15 is 0 Å². The molecular weight excluding hydrogens is 242 g/mol. The number of aromatic nitrogens is 3. The van der Waals surface area contributed by atoms with Gasteiger partial charge in [-0.2, -0.15) is 5.10 Å². The highest BCUT2D eigenvalue weighted by Crippen LogP contribution is 2.34. The van der Waals surface area contributed by atoms with Crippen LogP contribution in [0.2, 0.25) is 0 Å². The van der Waals surface area contributed by atoms with Crippen LogP contribution in [0.1, 0.15) is 43.0 Å². The van der Waals surface area contributed by atoms with Crippen LogP contribution in [0.15, 0.2) is 18.3 Å². The molecule has 19 heavy (non-hydrogen) atoms. The minimum atomic E-state index is -0.669. The molecule has 0 atom stereocenters. The molecule has 0 aromatic carbocycles. The molecule has 1 fully saturated rings. The van der Waals surface area contributed by atoms with Crippen molar-refractivity contribution in [3.63, 3.8) is 0 Å². The Morgan fingerprint density at radius 3 is 2.79 bits per heavy atom. The molecule has 0 radical (unpaired) electrons. The van der Waals surface area contributed by atoms with E-state index in [4.69, 9.17) is 5.11 Å². The van der Waals surface area contributed by atoms with E-state index in [0.717, 1.165) is 37.2 Å². The molecule has 5 heteroatoms. The molecule has 1 N–H and O–H groups in total. The van der Waals surface area contributed by atoms with Gasteiger partial charge in [-0.15, -0.1) is 0 Å². The average molecular weight is 259 g/mol. The molecule has 0 spiro atoms. The fourth-order valence-electron chi connectivity index (χ4n) is 2.77. The standard InChI is InChI=1S/C14H17N3O2/c1-9-6-7-17-12(8-9)15-13(16-17)10-2-4-11(5-3-10)14(18)19/h6-8,10-11H,2-5H2,1H3,(H,18,19). The number of aryl methyl sites for hydroxylation is 1. The smallest absolute Gasteiger partial charge is 0.306 e. The van der Waals surface area contributed by atoms with E-state index in [2.05, 4.69) is 10.1 Å². The number of fused-ring (bicyclic) bond motifs is 1. The molecule has 0 aliphatic heterocycles. The number of hydrogen-bond donors (Lipinski definition) is 1. The molecule has 2 aromatic heterocycles. The Morgan fingerprint density at radius 2 is 2.11 bits per heavy atom. The van der Waals surface area contributed by atoms with Gasteiger partial charge < -0.3 is 5.11 Å². The molecule has 100 valence electrons. The number of carboxylic acid groups (broad SMARTS) is 1. The summed E-state index contributed by atoms with van der Waals surface area (Å²) < 4.78 is 1.80. The van der Waals surface area contributed by atoms with E-state index in [0.29, 0.717) is 5.92 Å². The summed E-state index contributed by atoms with van der Waals surface area (Å²) in [7, 11) is 0. The van der Waals surface area contributed by atoms with Crippen molar-refractivity contribution in [2.45, 2.75) is 38.5 Å². The summed E-state index contributed by atoms with van der Waals surface area (Å²) in [5.74, 6) is 0.304. The highest BCUT2D eigenvalue weighted by atomic mass is 16.4. The van der Waals surface area contributed by atoms with Crippen molar-refractivity contribution < 1.29 is 9.90 Å². The van der Waals surface area contributed by atoms with Gasteiger partial charge in [-0.1, -0.05) is 0 Å². The lowest BCUT2D eigenvalue weighted by Crippen LogP contribution is -2.21. The lowest BCUT2D eigenvalue weighted by atomic mass is 9.82. The van der Waals surface area contributed by atoms with Crippen LogP contribution in [0, 0.1) is 12.8 Å². The zero-order chi connectivity index (χ0) is 13.4. The van der Waals surface area contributed by atoms with E-state index in [1.54, 1.807) is 4.52 Å². The van der Waals surface area contributed by atoms with Crippen LogP contribution in [-0.2, 0) is 4.79 Å². The van der Waals surface area contributed by atoms with E-state index in [-0.39, 0.29) is 5.92 Å². The summed E-state index contributed by atoms with van der Waals surface area (Å²) in [6.45, 7) is 2.03. The third kappa shape index (κ3) is 2.32. The number of carbonyl (C=O) groups is 1. The molecule has 2 aromatic rings. The van der Waals surface area contributed by atoms with Gasteiger partial charge in [0.15, 0.2) is 11.5 Å². The first-order valence-electron chi connectivity index (χ1n) is 6.69. The number of rotatable bonds is 2. The minimum absolute atomic E-state index is 0.185. The summed E-state index contributed by atoms with van der Waals surface area (Å²) >= 11 is 0. The second-order valence-electron chi connectivity index (χ2n) is 5.36. The van der Waals surface area contributed by atoms with Gasteiger partial charge in [-0.05, 0) is 50.3 Å². The van der Waals surface area contributed by atoms with Crippen LogP contribution in [-0.4, -0.2) is 25.7 Å². The Labute approximate surface area is 111 Å². The topological polar surface area (TPSA) is 67.5 Å².